The van der Waals surface area contributed by atoms with E-state index in [0.717, 1.165) is 11.3 Å². The molecule has 0 saturated carbocycles. The van der Waals surface area contributed by atoms with Crippen LogP contribution in [0.1, 0.15) is 16.7 Å². The molecule has 0 radical (unpaired) electrons. The SMILES string of the molecule is CN=C/C=C(\N)c1c(C)cccc1C. The van der Waals surface area contributed by atoms with Crippen LogP contribution in [0.3, 0.4) is 0 Å². The summed E-state index contributed by atoms with van der Waals surface area (Å²) in [5.41, 5.74) is 10.2. The lowest BCUT2D eigenvalue weighted by Gasteiger charge is -2.08. The Kier molecular flexibility index (Phi) is 3.46. The maximum atomic E-state index is 5.95. The Morgan fingerprint density at radius 1 is 1.29 bits per heavy atom. The van der Waals surface area contributed by atoms with Crippen LogP contribution in [0.4, 0.5) is 0 Å². The molecule has 1 aromatic rings. The fourth-order valence-electron chi connectivity index (χ4n) is 1.51. The first-order valence-corrected chi connectivity index (χ1v) is 4.61. The zero-order valence-corrected chi connectivity index (χ0v) is 8.91. The van der Waals surface area contributed by atoms with Gasteiger partial charge in [-0.2, -0.15) is 0 Å². The topological polar surface area (TPSA) is 38.4 Å². The summed E-state index contributed by atoms with van der Waals surface area (Å²) in [7, 11) is 1.73. The highest BCUT2D eigenvalue weighted by Crippen LogP contribution is 2.18. The van der Waals surface area contributed by atoms with Gasteiger partial charge < -0.3 is 5.73 Å². The van der Waals surface area contributed by atoms with Crippen LogP contribution >= 0.6 is 0 Å². The van der Waals surface area contributed by atoms with Crippen LogP contribution < -0.4 is 5.73 Å². The lowest BCUT2D eigenvalue weighted by atomic mass is 10.0. The first-order valence-electron chi connectivity index (χ1n) is 4.61. The van der Waals surface area contributed by atoms with E-state index in [2.05, 4.69) is 31.0 Å². The standard InChI is InChI=1S/C12H16N2/c1-9-5-4-6-10(2)12(9)11(13)7-8-14-3/h4-8H,13H2,1-3H3/b11-7-,14-8?. The molecule has 0 bridgehead atoms. The third kappa shape index (κ3) is 2.22. The van der Waals surface area contributed by atoms with Crippen LogP contribution in [-0.2, 0) is 0 Å². The molecule has 0 amide bonds. The highest BCUT2D eigenvalue weighted by atomic mass is 14.6. The van der Waals surface area contributed by atoms with Crippen molar-refractivity contribution in [3.63, 3.8) is 0 Å². The van der Waals surface area contributed by atoms with E-state index in [9.17, 15) is 0 Å². The highest BCUT2D eigenvalue weighted by molar-refractivity contribution is 5.84. The largest absolute Gasteiger partial charge is 0.398 e. The Bertz CT molecular complexity index is 356. The molecule has 0 aliphatic heterocycles. The number of nitrogens with zero attached hydrogens (tertiary/aromatic N) is 1. The second-order valence-electron chi connectivity index (χ2n) is 3.30. The van der Waals surface area contributed by atoms with Gasteiger partial charge in [0.1, 0.15) is 0 Å². The van der Waals surface area contributed by atoms with E-state index in [1.807, 2.05) is 12.1 Å². The zero-order valence-electron chi connectivity index (χ0n) is 8.91. The fraction of sp³-hybridized carbons (Fsp3) is 0.250. The van der Waals surface area contributed by atoms with Gasteiger partial charge in [0, 0.05) is 24.5 Å². The normalized spacial score (nSPS) is 12.4. The van der Waals surface area contributed by atoms with E-state index >= 15 is 0 Å². The minimum atomic E-state index is 0.770. The Balaban J connectivity index is 3.18. The van der Waals surface area contributed by atoms with E-state index in [0.29, 0.717) is 0 Å². The van der Waals surface area contributed by atoms with Gasteiger partial charge in [0.05, 0.1) is 0 Å². The molecule has 1 rings (SSSR count). The van der Waals surface area contributed by atoms with Gasteiger partial charge in [0.15, 0.2) is 0 Å². The number of aryl methyl sites for hydroxylation is 2. The van der Waals surface area contributed by atoms with Gasteiger partial charge in [-0.05, 0) is 31.1 Å². The van der Waals surface area contributed by atoms with E-state index in [-0.39, 0.29) is 0 Å². The van der Waals surface area contributed by atoms with Crippen LogP contribution in [0.15, 0.2) is 29.3 Å². The molecule has 0 aliphatic rings. The van der Waals surface area contributed by atoms with Crippen LogP contribution in [0, 0.1) is 13.8 Å². The molecule has 2 heteroatoms. The van der Waals surface area contributed by atoms with Crippen molar-refractivity contribution in [1.29, 1.82) is 0 Å². The van der Waals surface area contributed by atoms with Crippen LogP contribution in [0.2, 0.25) is 0 Å². The van der Waals surface area contributed by atoms with Gasteiger partial charge in [0.2, 0.25) is 0 Å². The average Bonchev–Trinajstić information content (AvgIpc) is 2.14. The summed E-state index contributed by atoms with van der Waals surface area (Å²) in [5.74, 6) is 0. The van der Waals surface area contributed by atoms with Crippen LogP contribution in [-0.4, -0.2) is 13.3 Å². The first-order chi connectivity index (χ1) is 6.66. The molecule has 0 spiro atoms. The van der Waals surface area contributed by atoms with Crippen molar-refractivity contribution in [1.82, 2.24) is 0 Å². The summed E-state index contributed by atoms with van der Waals surface area (Å²) >= 11 is 0. The fourth-order valence-corrected chi connectivity index (χ4v) is 1.51. The summed E-state index contributed by atoms with van der Waals surface area (Å²) in [6.45, 7) is 4.12. The van der Waals surface area contributed by atoms with Crippen molar-refractivity contribution in [3.8, 4) is 0 Å². The molecule has 0 heterocycles. The number of hydrogen-bond acceptors (Lipinski definition) is 2. The monoisotopic (exact) mass is 188 g/mol. The van der Waals surface area contributed by atoms with Gasteiger partial charge in [-0.3, -0.25) is 4.99 Å². The predicted octanol–water partition coefficient (Wildman–Crippen LogP) is 2.30. The molecular formula is C12H16N2. The van der Waals surface area contributed by atoms with Gasteiger partial charge >= 0.3 is 0 Å². The quantitative estimate of drug-likeness (QED) is 0.710. The van der Waals surface area contributed by atoms with Gasteiger partial charge in [-0.1, -0.05) is 18.2 Å². The van der Waals surface area contributed by atoms with Gasteiger partial charge in [-0.15, -0.1) is 0 Å². The Morgan fingerprint density at radius 2 is 1.86 bits per heavy atom. The van der Waals surface area contributed by atoms with Crippen LogP contribution in [0.25, 0.3) is 5.70 Å². The van der Waals surface area contributed by atoms with Gasteiger partial charge in [0.25, 0.3) is 0 Å². The van der Waals surface area contributed by atoms with Crippen molar-refractivity contribution in [3.05, 3.63) is 41.0 Å². The van der Waals surface area contributed by atoms with Gasteiger partial charge in [-0.25, -0.2) is 0 Å². The maximum absolute atomic E-state index is 5.95. The summed E-state index contributed by atoms with van der Waals surface area (Å²) in [4.78, 5) is 3.88. The third-order valence-electron chi connectivity index (χ3n) is 2.17. The van der Waals surface area contributed by atoms with Crippen molar-refractivity contribution in [2.75, 3.05) is 7.05 Å². The molecule has 74 valence electrons. The number of hydrogen-bond donors (Lipinski definition) is 1. The molecule has 0 saturated heterocycles. The van der Waals surface area contributed by atoms with E-state index < -0.39 is 0 Å². The molecule has 0 aliphatic carbocycles. The zero-order chi connectivity index (χ0) is 10.6. The molecule has 0 atom stereocenters. The summed E-state index contributed by atoms with van der Waals surface area (Å²) in [5, 5.41) is 0. The number of nitrogens with two attached hydrogens (primary N) is 1. The minimum absolute atomic E-state index is 0.770. The minimum Gasteiger partial charge on any atom is -0.398 e. The predicted molar refractivity (Wildman–Crippen MR) is 62.5 cm³/mol. The van der Waals surface area contributed by atoms with E-state index in [1.165, 1.54) is 11.1 Å². The number of rotatable bonds is 2. The molecule has 1 aromatic carbocycles. The molecule has 14 heavy (non-hydrogen) atoms. The Labute approximate surface area is 85.2 Å². The van der Waals surface area contributed by atoms with Crippen molar-refractivity contribution in [2.24, 2.45) is 10.7 Å². The number of allylic oxidation sites excluding steroid dienone is 1. The molecule has 2 nitrogen and oxygen atoms in total. The molecular weight excluding hydrogens is 172 g/mol. The molecule has 2 N–H and O–H groups in total. The molecule has 0 aromatic heterocycles. The second kappa shape index (κ2) is 4.61. The smallest absolute Gasteiger partial charge is 0.0408 e. The average molecular weight is 188 g/mol. The van der Waals surface area contributed by atoms with E-state index in [4.69, 9.17) is 5.73 Å². The maximum Gasteiger partial charge on any atom is 0.0408 e. The summed E-state index contributed by atoms with van der Waals surface area (Å²) in [6.07, 6.45) is 3.54. The Morgan fingerprint density at radius 3 is 2.36 bits per heavy atom. The lowest BCUT2D eigenvalue weighted by Crippen LogP contribution is -2.01. The lowest BCUT2D eigenvalue weighted by molar-refractivity contribution is 1.32. The number of benzene rings is 1. The first kappa shape index (κ1) is 10.5. The molecule has 0 unspecified atom stereocenters. The second-order valence-corrected chi connectivity index (χ2v) is 3.30. The van der Waals surface area contributed by atoms with Crippen molar-refractivity contribution >= 4 is 11.9 Å². The van der Waals surface area contributed by atoms with Crippen molar-refractivity contribution in [2.45, 2.75) is 13.8 Å². The Hall–Kier alpha value is -1.57. The molecule has 0 fully saturated rings. The summed E-state index contributed by atoms with van der Waals surface area (Å²) < 4.78 is 0. The highest BCUT2D eigenvalue weighted by Gasteiger charge is 2.03. The summed E-state index contributed by atoms with van der Waals surface area (Å²) in [6, 6.07) is 6.16. The number of aliphatic imine (C=N–C) groups is 1. The van der Waals surface area contributed by atoms with Crippen molar-refractivity contribution < 1.29 is 0 Å². The third-order valence-corrected chi connectivity index (χ3v) is 2.17. The van der Waals surface area contributed by atoms with E-state index in [1.54, 1.807) is 13.3 Å². The van der Waals surface area contributed by atoms with Crippen LogP contribution in [0.5, 0.6) is 0 Å².